The summed E-state index contributed by atoms with van der Waals surface area (Å²) >= 11 is 3.41. The lowest BCUT2D eigenvalue weighted by Crippen LogP contribution is -2.16. The predicted octanol–water partition coefficient (Wildman–Crippen LogP) is 3.14. The van der Waals surface area contributed by atoms with Crippen LogP contribution in [0.2, 0.25) is 0 Å². The fourth-order valence-electron chi connectivity index (χ4n) is 1.64. The summed E-state index contributed by atoms with van der Waals surface area (Å²) in [5.41, 5.74) is 1.26. The fraction of sp³-hybridized carbons (Fsp3) is 0.500. The Morgan fingerprint density at radius 1 is 1.33 bits per heavy atom. The summed E-state index contributed by atoms with van der Waals surface area (Å²) in [5, 5.41) is 0.888. The van der Waals surface area contributed by atoms with E-state index in [0.717, 1.165) is 30.5 Å². The highest BCUT2D eigenvalue weighted by Gasteiger charge is 2.15. The minimum Gasteiger partial charge on any atom is -0.491 e. The highest BCUT2D eigenvalue weighted by Crippen LogP contribution is 2.17. The van der Waals surface area contributed by atoms with Crippen molar-refractivity contribution >= 4 is 15.9 Å². The third-order valence-electron chi connectivity index (χ3n) is 2.54. The molecule has 1 aliphatic rings. The van der Waals surface area contributed by atoms with E-state index in [-0.39, 0.29) is 0 Å². The summed E-state index contributed by atoms with van der Waals surface area (Å²) < 4.78 is 11.1. The van der Waals surface area contributed by atoms with Gasteiger partial charge in [0.05, 0.1) is 6.10 Å². The van der Waals surface area contributed by atoms with Crippen LogP contribution in [0.5, 0.6) is 5.75 Å². The van der Waals surface area contributed by atoms with Crippen molar-refractivity contribution < 1.29 is 9.47 Å². The Hall–Kier alpha value is -0.540. The van der Waals surface area contributed by atoms with Crippen LogP contribution in [0, 0.1) is 0 Å². The van der Waals surface area contributed by atoms with Gasteiger partial charge in [0.25, 0.3) is 0 Å². The van der Waals surface area contributed by atoms with Crippen LogP contribution in [0.1, 0.15) is 18.4 Å². The SMILES string of the molecule is BrCc1ccc(OCC2CCCO2)cc1. The lowest BCUT2D eigenvalue weighted by molar-refractivity contribution is 0.0679. The molecule has 15 heavy (non-hydrogen) atoms. The van der Waals surface area contributed by atoms with Crippen molar-refractivity contribution in [2.45, 2.75) is 24.3 Å². The minimum absolute atomic E-state index is 0.292. The monoisotopic (exact) mass is 270 g/mol. The van der Waals surface area contributed by atoms with E-state index in [9.17, 15) is 0 Å². The second-order valence-corrected chi connectivity index (χ2v) is 4.28. The van der Waals surface area contributed by atoms with Crippen molar-refractivity contribution in [2.75, 3.05) is 13.2 Å². The Kier molecular flexibility index (Phi) is 4.03. The molecular formula is C12H15BrO2. The zero-order valence-electron chi connectivity index (χ0n) is 8.62. The molecule has 2 nitrogen and oxygen atoms in total. The van der Waals surface area contributed by atoms with Crippen LogP contribution < -0.4 is 4.74 Å². The van der Waals surface area contributed by atoms with E-state index in [4.69, 9.17) is 9.47 Å². The quantitative estimate of drug-likeness (QED) is 0.783. The summed E-state index contributed by atoms with van der Waals surface area (Å²) in [6, 6.07) is 8.15. The largest absolute Gasteiger partial charge is 0.491 e. The van der Waals surface area contributed by atoms with Gasteiger partial charge in [0.1, 0.15) is 12.4 Å². The van der Waals surface area contributed by atoms with Gasteiger partial charge in [-0.25, -0.2) is 0 Å². The molecule has 0 bridgehead atoms. The van der Waals surface area contributed by atoms with Gasteiger partial charge in [-0.2, -0.15) is 0 Å². The number of hydrogen-bond acceptors (Lipinski definition) is 2. The van der Waals surface area contributed by atoms with Gasteiger partial charge < -0.3 is 9.47 Å². The first-order valence-corrected chi connectivity index (χ1v) is 6.40. The van der Waals surface area contributed by atoms with E-state index < -0.39 is 0 Å². The summed E-state index contributed by atoms with van der Waals surface area (Å²) in [4.78, 5) is 0. The second-order valence-electron chi connectivity index (χ2n) is 3.72. The predicted molar refractivity (Wildman–Crippen MR) is 63.5 cm³/mol. The highest BCUT2D eigenvalue weighted by molar-refractivity contribution is 9.08. The lowest BCUT2D eigenvalue weighted by atomic mass is 10.2. The smallest absolute Gasteiger partial charge is 0.119 e. The Balaban J connectivity index is 1.82. The summed E-state index contributed by atoms with van der Waals surface area (Å²) in [6.45, 7) is 1.56. The van der Waals surface area contributed by atoms with E-state index >= 15 is 0 Å². The Morgan fingerprint density at radius 3 is 2.73 bits per heavy atom. The molecular weight excluding hydrogens is 256 g/mol. The van der Waals surface area contributed by atoms with Gasteiger partial charge in [0.15, 0.2) is 0 Å². The Morgan fingerprint density at radius 2 is 2.13 bits per heavy atom. The van der Waals surface area contributed by atoms with Gasteiger partial charge in [-0.15, -0.1) is 0 Å². The van der Waals surface area contributed by atoms with E-state index in [2.05, 4.69) is 28.1 Å². The minimum atomic E-state index is 0.292. The Bertz CT molecular complexity index is 291. The van der Waals surface area contributed by atoms with E-state index in [1.54, 1.807) is 0 Å². The van der Waals surface area contributed by atoms with Crippen LogP contribution in [0.25, 0.3) is 0 Å². The van der Waals surface area contributed by atoms with Gasteiger partial charge in [-0.1, -0.05) is 28.1 Å². The average molecular weight is 271 g/mol. The third-order valence-corrected chi connectivity index (χ3v) is 3.19. The molecule has 0 amide bonds. The van der Waals surface area contributed by atoms with Crippen LogP contribution in [-0.2, 0) is 10.1 Å². The number of benzene rings is 1. The van der Waals surface area contributed by atoms with Gasteiger partial charge in [-0.3, -0.25) is 0 Å². The summed E-state index contributed by atoms with van der Waals surface area (Å²) in [6.07, 6.45) is 2.58. The first kappa shape index (κ1) is 11.0. The van der Waals surface area contributed by atoms with Gasteiger partial charge in [0.2, 0.25) is 0 Å². The first-order valence-electron chi connectivity index (χ1n) is 5.28. The van der Waals surface area contributed by atoms with Gasteiger partial charge in [0, 0.05) is 11.9 Å². The van der Waals surface area contributed by atoms with E-state index in [0.29, 0.717) is 12.7 Å². The zero-order valence-corrected chi connectivity index (χ0v) is 10.2. The molecule has 2 rings (SSSR count). The Labute approximate surface area is 98.7 Å². The van der Waals surface area contributed by atoms with E-state index in [1.807, 2.05) is 12.1 Å². The molecule has 1 unspecified atom stereocenters. The van der Waals surface area contributed by atoms with Crippen molar-refractivity contribution in [3.8, 4) is 5.75 Å². The maximum Gasteiger partial charge on any atom is 0.119 e. The number of rotatable bonds is 4. The molecule has 0 N–H and O–H groups in total. The molecule has 0 saturated carbocycles. The first-order chi connectivity index (χ1) is 7.38. The maximum atomic E-state index is 5.65. The molecule has 1 heterocycles. The van der Waals surface area contributed by atoms with E-state index in [1.165, 1.54) is 5.56 Å². The molecule has 0 aliphatic carbocycles. The topological polar surface area (TPSA) is 18.5 Å². The summed E-state index contributed by atoms with van der Waals surface area (Å²) in [7, 11) is 0. The number of halogens is 1. The molecule has 82 valence electrons. The van der Waals surface area contributed by atoms with Gasteiger partial charge >= 0.3 is 0 Å². The van der Waals surface area contributed by atoms with Crippen LogP contribution in [0.4, 0.5) is 0 Å². The number of ether oxygens (including phenoxy) is 2. The van der Waals surface area contributed by atoms with Crippen LogP contribution in [-0.4, -0.2) is 19.3 Å². The molecule has 1 fully saturated rings. The van der Waals surface area contributed by atoms with Gasteiger partial charge in [-0.05, 0) is 30.5 Å². The second kappa shape index (κ2) is 5.52. The van der Waals surface area contributed by atoms with Crippen molar-refractivity contribution in [3.63, 3.8) is 0 Å². The molecule has 1 atom stereocenters. The lowest BCUT2D eigenvalue weighted by Gasteiger charge is -2.11. The molecule has 1 saturated heterocycles. The number of alkyl halides is 1. The number of hydrogen-bond donors (Lipinski definition) is 0. The average Bonchev–Trinajstić information content (AvgIpc) is 2.80. The fourth-order valence-corrected chi connectivity index (χ4v) is 2.01. The molecule has 1 aromatic rings. The van der Waals surface area contributed by atoms with Crippen LogP contribution >= 0.6 is 15.9 Å². The van der Waals surface area contributed by atoms with Crippen LogP contribution in [0.3, 0.4) is 0 Å². The molecule has 0 spiro atoms. The zero-order chi connectivity index (χ0) is 10.5. The highest BCUT2D eigenvalue weighted by atomic mass is 79.9. The van der Waals surface area contributed by atoms with Crippen molar-refractivity contribution in [1.29, 1.82) is 0 Å². The molecule has 1 aromatic carbocycles. The molecule has 0 radical (unpaired) electrons. The molecule has 1 aliphatic heterocycles. The maximum absolute atomic E-state index is 5.65. The van der Waals surface area contributed by atoms with Crippen molar-refractivity contribution in [2.24, 2.45) is 0 Å². The normalized spacial score (nSPS) is 20.5. The summed E-state index contributed by atoms with van der Waals surface area (Å²) in [5.74, 6) is 0.926. The van der Waals surface area contributed by atoms with Crippen LogP contribution in [0.15, 0.2) is 24.3 Å². The van der Waals surface area contributed by atoms with Crippen molar-refractivity contribution in [3.05, 3.63) is 29.8 Å². The molecule has 0 aromatic heterocycles. The molecule has 3 heteroatoms. The third kappa shape index (κ3) is 3.21. The van der Waals surface area contributed by atoms with Crippen molar-refractivity contribution in [1.82, 2.24) is 0 Å². The standard InChI is InChI=1S/C12H15BrO2/c13-8-10-3-5-11(6-4-10)15-9-12-2-1-7-14-12/h3-6,12H,1-2,7-9H2.